The molecular formula is C26H29N3O5. The highest BCUT2D eigenvalue weighted by Gasteiger charge is 2.29. The average Bonchev–Trinajstić information content (AvgIpc) is 2.88. The number of Topliss-reactive ketones (excluding diaryl/α,β-unsaturated/α-hetero) is 1. The Morgan fingerprint density at radius 1 is 1.18 bits per heavy atom. The Bertz CT molecular complexity index is 1020. The number of carbonyl (C=O) groups excluding carboxylic acids is 3. The number of carbonyl (C=O) groups is 3. The van der Waals surface area contributed by atoms with Gasteiger partial charge < -0.3 is 4.90 Å². The van der Waals surface area contributed by atoms with Crippen LogP contribution in [0.5, 0.6) is 0 Å². The number of amides is 1. The number of ketones is 1. The lowest BCUT2D eigenvalue weighted by Crippen LogP contribution is -2.43. The Balaban J connectivity index is 1.43. The number of likely N-dealkylation sites (tertiary alicyclic amines) is 1. The number of hydrogen-bond acceptors (Lipinski definition) is 7. The summed E-state index contributed by atoms with van der Waals surface area (Å²) in [6, 6.07) is 12.0. The summed E-state index contributed by atoms with van der Waals surface area (Å²) in [7, 11) is 0. The van der Waals surface area contributed by atoms with E-state index in [0.717, 1.165) is 5.56 Å². The normalized spacial score (nSPS) is 15.7. The van der Waals surface area contributed by atoms with Crippen molar-refractivity contribution in [3.63, 3.8) is 0 Å². The van der Waals surface area contributed by atoms with Gasteiger partial charge in [-0.05, 0) is 43.0 Å². The second-order valence-corrected chi connectivity index (χ2v) is 8.49. The minimum Gasteiger partial charge on any atom is -0.342 e. The van der Waals surface area contributed by atoms with Crippen LogP contribution in [0.4, 0.5) is 0 Å². The van der Waals surface area contributed by atoms with Gasteiger partial charge in [-0.25, -0.2) is 4.79 Å². The molecule has 0 saturated carbocycles. The van der Waals surface area contributed by atoms with Crippen LogP contribution in [0, 0.1) is 17.2 Å². The van der Waals surface area contributed by atoms with Gasteiger partial charge in [-0.15, -0.1) is 0 Å². The van der Waals surface area contributed by atoms with Gasteiger partial charge in [-0.3, -0.25) is 19.5 Å². The number of pyridine rings is 1. The van der Waals surface area contributed by atoms with Crippen molar-refractivity contribution in [2.75, 3.05) is 13.1 Å². The first-order valence-corrected chi connectivity index (χ1v) is 11.5. The SMILES string of the molecule is CCC(C(=O)OOC1CCN(C(=O)C(C)CC(=O)c2ccc(C#N)cc2)CC1)c1cccnc1. The smallest absolute Gasteiger partial charge is 0.342 e. The van der Waals surface area contributed by atoms with Crippen LogP contribution in [-0.4, -0.2) is 46.7 Å². The summed E-state index contributed by atoms with van der Waals surface area (Å²) in [5.74, 6) is -1.56. The molecule has 2 unspecified atom stereocenters. The van der Waals surface area contributed by atoms with Crippen molar-refractivity contribution in [2.45, 2.75) is 51.6 Å². The quantitative estimate of drug-likeness (QED) is 0.316. The summed E-state index contributed by atoms with van der Waals surface area (Å²) in [4.78, 5) is 54.1. The van der Waals surface area contributed by atoms with Crippen molar-refractivity contribution >= 4 is 17.7 Å². The number of aromatic nitrogens is 1. The van der Waals surface area contributed by atoms with Gasteiger partial charge in [0.25, 0.3) is 0 Å². The Kier molecular flexibility index (Phi) is 8.88. The largest absolute Gasteiger partial charge is 0.349 e. The zero-order valence-corrected chi connectivity index (χ0v) is 19.5. The van der Waals surface area contributed by atoms with E-state index in [1.165, 1.54) is 0 Å². The predicted molar refractivity (Wildman–Crippen MR) is 123 cm³/mol. The number of nitriles is 1. The summed E-state index contributed by atoms with van der Waals surface area (Å²) in [6.45, 7) is 4.58. The number of rotatable bonds is 9. The molecule has 2 heterocycles. The lowest BCUT2D eigenvalue weighted by Gasteiger charge is -2.32. The minimum absolute atomic E-state index is 0.0833. The molecule has 1 aliphatic rings. The summed E-state index contributed by atoms with van der Waals surface area (Å²) in [5.41, 5.74) is 1.76. The van der Waals surface area contributed by atoms with Crippen molar-refractivity contribution in [2.24, 2.45) is 5.92 Å². The Labute approximate surface area is 199 Å². The highest BCUT2D eigenvalue weighted by molar-refractivity contribution is 5.98. The fourth-order valence-electron chi connectivity index (χ4n) is 3.99. The molecule has 1 aromatic carbocycles. The molecule has 1 amide bonds. The molecule has 0 N–H and O–H groups in total. The molecule has 34 heavy (non-hydrogen) atoms. The van der Waals surface area contributed by atoms with Crippen molar-refractivity contribution in [1.82, 2.24) is 9.88 Å². The summed E-state index contributed by atoms with van der Waals surface area (Å²) < 4.78 is 0. The van der Waals surface area contributed by atoms with E-state index < -0.39 is 17.8 Å². The maximum atomic E-state index is 12.8. The highest BCUT2D eigenvalue weighted by atomic mass is 17.2. The molecule has 2 atom stereocenters. The summed E-state index contributed by atoms with van der Waals surface area (Å²) in [5, 5.41) is 8.87. The monoisotopic (exact) mass is 463 g/mol. The number of hydrogen-bond donors (Lipinski definition) is 0. The van der Waals surface area contributed by atoms with E-state index in [1.807, 2.05) is 19.1 Å². The van der Waals surface area contributed by atoms with E-state index in [4.69, 9.17) is 15.0 Å². The van der Waals surface area contributed by atoms with Crippen molar-refractivity contribution in [3.8, 4) is 6.07 Å². The number of benzene rings is 1. The Morgan fingerprint density at radius 2 is 1.88 bits per heavy atom. The molecule has 178 valence electrons. The third-order valence-corrected chi connectivity index (χ3v) is 6.05. The topological polar surface area (TPSA) is 110 Å². The zero-order valence-electron chi connectivity index (χ0n) is 19.5. The van der Waals surface area contributed by atoms with Crippen LogP contribution in [0.25, 0.3) is 0 Å². The first kappa shape index (κ1) is 25.1. The molecule has 0 bridgehead atoms. The number of nitrogens with zero attached hydrogens (tertiary/aromatic N) is 3. The van der Waals surface area contributed by atoms with Gasteiger partial charge in [0.05, 0.1) is 17.6 Å². The Morgan fingerprint density at radius 3 is 2.47 bits per heavy atom. The molecule has 8 nitrogen and oxygen atoms in total. The zero-order chi connectivity index (χ0) is 24.5. The van der Waals surface area contributed by atoms with Crippen molar-refractivity contribution in [3.05, 3.63) is 65.5 Å². The van der Waals surface area contributed by atoms with E-state index in [0.29, 0.717) is 43.5 Å². The maximum Gasteiger partial charge on any atom is 0.349 e. The van der Waals surface area contributed by atoms with Crippen LogP contribution in [0.3, 0.4) is 0 Å². The van der Waals surface area contributed by atoms with Gasteiger partial charge >= 0.3 is 5.97 Å². The Hall–Kier alpha value is -3.57. The molecule has 0 aliphatic carbocycles. The molecule has 2 aromatic rings. The summed E-state index contributed by atoms with van der Waals surface area (Å²) in [6.07, 6.45) is 4.77. The van der Waals surface area contributed by atoms with E-state index in [2.05, 4.69) is 4.98 Å². The average molecular weight is 464 g/mol. The lowest BCUT2D eigenvalue weighted by atomic mass is 9.97. The standard InChI is InChI=1S/C26H29N3O5/c1-3-23(21-5-4-12-28-17-21)26(32)34-33-22-10-13-29(14-11-22)25(31)18(2)15-24(30)20-8-6-19(16-27)7-9-20/h4-9,12,17-18,22-23H,3,10-11,13-15H2,1-2H3. The maximum absolute atomic E-state index is 12.8. The van der Waals surface area contributed by atoms with Gasteiger partial charge in [-0.2, -0.15) is 10.1 Å². The molecule has 1 aromatic heterocycles. The van der Waals surface area contributed by atoms with Gasteiger partial charge in [0.2, 0.25) is 5.91 Å². The van der Waals surface area contributed by atoms with Crippen LogP contribution >= 0.6 is 0 Å². The highest BCUT2D eigenvalue weighted by Crippen LogP contribution is 2.23. The molecular weight excluding hydrogens is 434 g/mol. The van der Waals surface area contributed by atoms with E-state index in [1.54, 1.807) is 54.5 Å². The molecule has 0 spiro atoms. The van der Waals surface area contributed by atoms with Gasteiger partial charge in [0.1, 0.15) is 6.10 Å². The van der Waals surface area contributed by atoms with Crippen LogP contribution < -0.4 is 0 Å². The first-order valence-electron chi connectivity index (χ1n) is 11.5. The van der Waals surface area contributed by atoms with Crippen LogP contribution in [0.2, 0.25) is 0 Å². The van der Waals surface area contributed by atoms with Gasteiger partial charge in [0.15, 0.2) is 5.78 Å². The minimum atomic E-state index is -0.455. The fourth-order valence-corrected chi connectivity index (χ4v) is 3.99. The van der Waals surface area contributed by atoms with Crippen LogP contribution in [0.15, 0.2) is 48.8 Å². The molecule has 3 rings (SSSR count). The second kappa shape index (κ2) is 12.1. The van der Waals surface area contributed by atoms with Gasteiger partial charge in [0, 0.05) is 43.4 Å². The third kappa shape index (κ3) is 6.49. The van der Waals surface area contributed by atoms with Crippen LogP contribution in [0.1, 0.15) is 66.9 Å². The van der Waals surface area contributed by atoms with Crippen molar-refractivity contribution in [1.29, 1.82) is 5.26 Å². The van der Waals surface area contributed by atoms with Crippen LogP contribution in [-0.2, 0) is 19.4 Å². The molecule has 1 aliphatic heterocycles. The van der Waals surface area contributed by atoms with Gasteiger partial charge in [-0.1, -0.05) is 32.0 Å². The van der Waals surface area contributed by atoms with E-state index >= 15 is 0 Å². The number of piperidine rings is 1. The molecule has 1 saturated heterocycles. The van der Waals surface area contributed by atoms with Crippen molar-refractivity contribution < 1.29 is 24.2 Å². The first-order chi connectivity index (χ1) is 16.4. The lowest BCUT2D eigenvalue weighted by molar-refractivity contribution is -0.304. The van der Waals surface area contributed by atoms with E-state index in [-0.39, 0.29) is 24.2 Å². The molecule has 0 radical (unpaired) electrons. The van der Waals surface area contributed by atoms with E-state index in [9.17, 15) is 14.4 Å². The molecule has 8 heteroatoms. The predicted octanol–water partition coefficient (Wildman–Crippen LogP) is 3.82. The molecule has 1 fully saturated rings. The summed E-state index contributed by atoms with van der Waals surface area (Å²) >= 11 is 0. The second-order valence-electron chi connectivity index (χ2n) is 8.49. The fraction of sp³-hybridized carbons (Fsp3) is 0.423. The third-order valence-electron chi connectivity index (χ3n) is 6.05.